The Morgan fingerprint density at radius 2 is 1.42 bits per heavy atom. The van der Waals surface area contributed by atoms with Crippen LogP contribution in [0.4, 0.5) is 0 Å². The lowest BCUT2D eigenvalue weighted by Crippen LogP contribution is -2.35. The van der Waals surface area contributed by atoms with Crippen molar-refractivity contribution in [3.05, 3.63) is 69.7 Å². The second-order valence-electron chi connectivity index (χ2n) is 6.76. The van der Waals surface area contributed by atoms with Crippen molar-refractivity contribution in [2.75, 3.05) is 26.2 Å². The molecule has 0 unspecified atom stereocenters. The summed E-state index contributed by atoms with van der Waals surface area (Å²) in [5, 5.41) is 1.50. The molecule has 26 heavy (non-hydrogen) atoms. The number of carbonyl (C=O) groups is 1. The first kappa shape index (κ1) is 19.2. The molecule has 1 amide bonds. The minimum atomic E-state index is 0.244. The van der Waals surface area contributed by atoms with Crippen LogP contribution in [0.15, 0.2) is 48.5 Å². The Bertz CT molecular complexity index is 716. The fourth-order valence-corrected chi connectivity index (χ4v) is 3.54. The van der Waals surface area contributed by atoms with E-state index in [2.05, 4.69) is 17.0 Å². The minimum Gasteiger partial charge on any atom is -0.341 e. The standard InChI is InChI=1S/C21H24Cl2N2O/c22-19-7-2-17(3-8-19)6-11-21(26)25-13-1-12-24(14-15-25)16-18-4-9-20(23)10-5-18/h2-5,7-10H,1,6,11-16H2. The number of halogens is 2. The summed E-state index contributed by atoms with van der Waals surface area (Å²) in [6.45, 7) is 4.48. The number of hydrogen-bond acceptors (Lipinski definition) is 2. The lowest BCUT2D eigenvalue weighted by molar-refractivity contribution is -0.131. The van der Waals surface area contributed by atoms with Crippen molar-refractivity contribution in [2.24, 2.45) is 0 Å². The van der Waals surface area contributed by atoms with Crippen LogP contribution in [0.1, 0.15) is 24.0 Å². The largest absolute Gasteiger partial charge is 0.341 e. The molecule has 1 heterocycles. The molecule has 1 aliphatic rings. The first-order valence-corrected chi connectivity index (χ1v) is 9.85. The van der Waals surface area contributed by atoms with Gasteiger partial charge in [-0.05, 0) is 48.2 Å². The van der Waals surface area contributed by atoms with Crippen LogP contribution in [0.2, 0.25) is 10.0 Å². The molecule has 1 fully saturated rings. The Morgan fingerprint density at radius 3 is 2.08 bits per heavy atom. The average Bonchev–Trinajstić information content (AvgIpc) is 2.88. The summed E-state index contributed by atoms with van der Waals surface area (Å²) in [5.41, 5.74) is 2.42. The van der Waals surface area contributed by atoms with Gasteiger partial charge in [0.05, 0.1) is 0 Å². The molecule has 0 saturated carbocycles. The molecule has 0 aliphatic carbocycles. The normalized spacial score (nSPS) is 15.7. The lowest BCUT2D eigenvalue weighted by Gasteiger charge is -2.22. The molecule has 0 radical (unpaired) electrons. The van der Waals surface area contributed by atoms with Gasteiger partial charge in [0.25, 0.3) is 0 Å². The summed E-state index contributed by atoms with van der Waals surface area (Å²) in [4.78, 5) is 17.0. The molecule has 0 spiro atoms. The van der Waals surface area contributed by atoms with Crippen LogP contribution in [0.3, 0.4) is 0 Å². The third-order valence-electron chi connectivity index (χ3n) is 4.80. The van der Waals surface area contributed by atoms with E-state index in [4.69, 9.17) is 23.2 Å². The first-order valence-electron chi connectivity index (χ1n) is 9.09. The van der Waals surface area contributed by atoms with Crippen LogP contribution in [0.25, 0.3) is 0 Å². The number of rotatable bonds is 5. The molecule has 1 saturated heterocycles. The van der Waals surface area contributed by atoms with Crippen LogP contribution in [0, 0.1) is 0 Å². The van der Waals surface area contributed by atoms with Gasteiger partial charge in [-0.25, -0.2) is 0 Å². The van der Waals surface area contributed by atoms with Gasteiger partial charge in [0.15, 0.2) is 0 Å². The molecule has 0 atom stereocenters. The first-order chi connectivity index (χ1) is 12.6. The second-order valence-corrected chi connectivity index (χ2v) is 7.64. The third kappa shape index (κ3) is 5.73. The second kappa shape index (κ2) is 9.40. The van der Waals surface area contributed by atoms with Crippen molar-refractivity contribution in [1.82, 2.24) is 9.80 Å². The van der Waals surface area contributed by atoms with E-state index in [9.17, 15) is 4.79 Å². The van der Waals surface area contributed by atoms with Gasteiger partial charge in [-0.15, -0.1) is 0 Å². The van der Waals surface area contributed by atoms with Crippen LogP contribution < -0.4 is 0 Å². The van der Waals surface area contributed by atoms with Gasteiger partial charge in [-0.3, -0.25) is 9.69 Å². The van der Waals surface area contributed by atoms with Crippen molar-refractivity contribution < 1.29 is 4.79 Å². The van der Waals surface area contributed by atoms with Crippen molar-refractivity contribution in [1.29, 1.82) is 0 Å². The maximum absolute atomic E-state index is 12.6. The Kier molecular flexibility index (Phi) is 6.95. The van der Waals surface area contributed by atoms with Gasteiger partial charge in [-0.2, -0.15) is 0 Å². The van der Waals surface area contributed by atoms with Crippen molar-refractivity contribution in [3.63, 3.8) is 0 Å². The predicted octanol–water partition coefficient (Wildman–Crippen LogP) is 4.66. The molecule has 5 heteroatoms. The molecule has 3 nitrogen and oxygen atoms in total. The summed E-state index contributed by atoms with van der Waals surface area (Å²) in [6, 6.07) is 15.7. The number of benzene rings is 2. The zero-order valence-electron chi connectivity index (χ0n) is 14.8. The van der Waals surface area contributed by atoms with E-state index in [-0.39, 0.29) is 5.91 Å². The Labute approximate surface area is 165 Å². The average molecular weight is 391 g/mol. The number of nitrogens with zero attached hydrogens (tertiary/aromatic N) is 2. The molecular weight excluding hydrogens is 367 g/mol. The number of aryl methyl sites for hydroxylation is 1. The summed E-state index contributed by atoms with van der Waals surface area (Å²) in [5.74, 6) is 0.244. The van der Waals surface area contributed by atoms with Crippen LogP contribution in [0.5, 0.6) is 0 Å². The molecule has 0 N–H and O–H groups in total. The van der Waals surface area contributed by atoms with Gasteiger partial charge < -0.3 is 4.90 Å². The Hall–Kier alpha value is -1.55. The molecule has 3 rings (SSSR count). The van der Waals surface area contributed by atoms with E-state index in [1.165, 1.54) is 5.56 Å². The molecule has 1 aliphatic heterocycles. The highest BCUT2D eigenvalue weighted by Gasteiger charge is 2.19. The molecule has 138 valence electrons. The van der Waals surface area contributed by atoms with Crippen LogP contribution in [-0.2, 0) is 17.8 Å². The van der Waals surface area contributed by atoms with Gasteiger partial charge >= 0.3 is 0 Å². The number of amides is 1. The van der Waals surface area contributed by atoms with E-state index < -0.39 is 0 Å². The van der Waals surface area contributed by atoms with E-state index in [1.807, 2.05) is 41.3 Å². The zero-order chi connectivity index (χ0) is 18.4. The van der Waals surface area contributed by atoms with Crippen LogP contribution in [-0.4, -0.2) is 41.9 Å². The summed E-state index contributed by atoms with van der Waals surface area (Å²) in [6.07, 6.45) is 2.33. The molecule has 0 bridgehead atoms. The molecule has 2 aromatic rings. The van der Waals surface area contributed by atoms with E-state index in [0.29, 0.717) is 6.42 Å². The number of carbonyl (C=O) groups excluding carboxylic acids is 1. The highest BCUT2D eigenvalue weighted by molar-refractivity contribution is 6.30. The van der Waals surface area contributed by atoms with E-state index >= 15 is 0 Å². The third-order valence-corrected chi connectivity index (χ3v) is 5.31. The van der Waals surface area contributed by atoms with E-state index in [1.54, 1.807) is 0 Å². The van der Waals surface area contributed by atoms with Crippen molar-refractivity contribution >= 4 is 29.1 Å². The highest BCUT2D eigenvalue weighted by atomic mass is 35.5. The fraction of sp³-hybridized carbons (Fsp3) is 0.381. The summed E-state index contributed by atoms with van der Waals surface area (Å²) < 4.78 is 0. The van der Waals surface area contributed by atoms with Gasteiger partial charge in [0.2, 0.25) is 5.91 Å². The summed E-state index contributed by atoms with van der Waals surface area (Å²) >= 11 is 11.9. The number of hydrogen-bond donors (Lipinski definition) is 0. The predicted molar refractivity (Wildman–Crippen MR) is 108 cm³/mol. The van der Waals surface area contributed by atoms with Crippen molar-refractivity contribution in [2.45, 2.75) is 25.8 Å². The van der Waals surface area contributed by atoms with Gasteiger partial charge in [-0.1, -0.05) is 47.5 Å². The highest BCUT2D eigenvalue weighted by Crippen LogP contribution is 2.15. The Morgan fingerprint density at radius 1 is 0.808 bits per heavy atom. The quantitative estimate of drug-likeness (QED) is 0.740. The maximum Gasteiger partial charge on any atom is 0.222 e. The fourth-order valence-electron chi connectivity index (χ4n) is 3.29. The molecule has 2 aromatic carbocycles. The maximum atomic E-state index is 12.6. The van der Waals surface area contributed by atoms with Crippen LogP contribution >= 0.6 is 23.2 Å². The van der Waals surface area contributed by atoms with Crippen molar-refractivity contribution in [3.8, 4) is 0 Å². The minimum absolute atomic E-state index is 0.244. The monoisotopic (exact) mass is 390 g/mol. The van der Waals surface area contributed by atoms with E-state index in [0.717, 1.165) is 61.2 Å². The SMILES string of the molecule is O=C(CCc1ccc(Cl)cc1)N1CCCN(Cc2ccc(Cl)cc2)CC1. The topological polar surface area (TPSA) is 23.6 Å². The van der Waals surface area contributed by atoms with Gasteiger partial charge in [0.1, 0.15) is 0 Å². The Balaban J connectivity index is 1.47. The zero-order valence-corrected chi connectivity index (χ0v) is 16.3. The molecular formula is C21H24Cl2N2O. The summed E-state index contributed by atoms with van der Waals surface area (Å²) in [7, 11) is 0. The molecule has 0 aromatic heterocycles. The lowest BCUT2D eigenvalue weighted by atomic mass is 10.1. The smallest absolute Gasteiger partial charge is 0.222 e. The van der Waals surface area contributed by atoms with Gasteiger partial charge in [0, 0.05) is 49.2 Å².